The third-order valence-electron chi connectivity index (χ3n) is 4.18. The minimum Gasteiger partial charge on any atom is -0.378 e. The molecule has 1 aromatic carbocycles. The zero-order chi connectivity index (χ0) is 18.4. The second kappa shape index (κ2) is 8.86. The van der Waals surface area contributed by atoms with Gasteiger partial charge in [0, 0.05) is 18.8 Å². The van der Waals surface area contributed by atoms with E-state index in [9.17, 15) is 9.59 Å². The van der Waals surface area contributed by atoms with Crippen LogP contribution in [0.25, 0.3) is 0 Å². The van der Waals surface area contributed by atoms with E-state index in [-0.39, 0.29) is 11.8 Å². The molecule has 0 unspecified atom stereocenters. The Morgan fingerprint density at radius 1 is 1.23 bits per heavy atom. The highest BCUT2D eigenvalue weighted by Gasteiger charge is 2.18. The van der Waals surface area contributed by atoms with Gasteiger partial charge in [0.15, 0.2) is 0 Å². The summed E-state index contributed by atoms with van der Waals surface area (Å²) in [6.07, 6.45) is 2.01. The number of hydrogen-bond acceptors (Lipinski definition) is 6. The maximum Gasteiger partial charge on any atom is 0.269 e. The topological polar surface area (TPSA) is 84.4 Å². The first-order valence-corrected chi connectivity index (χ1v) is 9.51. The highest BCUT2D eigenvalue weighted by atomic mass is 32.1. The van der Waals surface area contributed by atoms with Gasteiger partial charge in [0.1, 0.15) is 4.88 Å². The zero-order valence-electron chi connectivity index (χ0n) is 14.7. The van der Waals surface area contributed by atoms with Gasteiger partial charge in [-0.25, -0.2) is 0 Å². The van der Waals surface area contributed by atoms with Crippen molar-refractivity contribution in [3.05, 3.63) is 40.4 Å². The number of nitrogens with one attached hydrogen (secondary N) is 1. The van der Waals surface area contributed by atoms with Gasteiger partial charge in [0.05, 0.1) is 25.3 Å². The molecule has 7 nitrogen and oxygen atoms in total. The summed E-state index contributed by atoms with van der Waals surface area (Å²) in [5.41, 5.74) is 2.35. The Balaban J connectivity index is 1.58. The fourth-order valence-electron chi connectivity index (χ4n) is 2.77. The third kappa shape index (κ3) is 4.64. The number of rotatable bonds is 6. The average molecular weight is 374 g/mol. The molecule has 0 atom stereocenters. The number of anilines is 1. The van der Waals surface area contributed by atoms with E-state index in [1.54, 1.807) is 0 Å². The third-order valence-corrected chi connectivity index (χ3v) is 4.95. The number of benzene rings is 1. The summed E-state index contributed by atoms with van der Waals surface area (Å²) in [7, 11) is 0. The first-order valence-electron chi connectivity index (χ1n) is 8.74. The smallest absolute Gasteiger partial charge is 0.269 e. The van der Waals surface area contributed by atoms with E-state index in [1.807, 2.05) is 36.1 Å². The van der Waals surface area contributed by atoms with Crippen LogP contribution in [0, 0.1) is 0 Å². The van der Waals surface area contributed by atoms with Crippen LogP contribution in [0.1, 0.15) is 34.3 Å². The van der Waals surface area contributed by atoms with Crippen LogP contribution in [-0.4, -0.2) is 52.6 Å². The molecule has 0 bridgehead atoms. The van der Waals surface area contributed by atoms with Crippen molar-refractivity contribution in [2.45, 2.75) is 26.2 Å². The van der Waals surface area contributed by atoms with E-state index < -0.39 is 0 Å². The molecule has 1 saturated heterocycles. The van der Waals surface area contributed by atoms with E-state index in [2.05, 4.69) is 14.9 Å². The Morgan fingerprint density at radius 2 is 1.96 bits per heavy atom. The normalized spacial score (nSPS) is 14.3. The second-order valence-corrected chi connectivity index (χ2v) is 6.87. The molecule has 26 heavy (non-hydrogen) atoms. The Hall–Kier alpha value is -2.32. The van der Waals surface area contributed by atoms with Crippen molar-refractivity contribution in [2.24, 2.45) is 0 Å². The monoisotopic (exact) mass is 374 g/mol. The van der Waals surface area contributed by atoms with Crippen molar-refractivity contribution in [1.29, 1.82) is 0 Å². The molecule has 2 amide bonds. The Kier molecular flexibility index (Phi) is 6.30. The molecule has 2 aromatic rings. The van der Waals surface area contributed by atoms with Gasteiger partial charge in [-0.05, 0) is 35.6 Å². The first-order chi connectivity index (χ1) is 12.7. The quantitative estimate of drug-likeness (QED) is 0.837. The largest absolute Gasteiger partial charge is 0.378 e. The molecular formula is C18H22N4O3S. The van der Waals surface area contributed by atoms with E-state index in [0.29, 0.717) is 43.3 Å². The molecule has 1 aliphatic rings. The van der Waals surface area contributed by atoms with Crippen molar-refractivity contribution in [3.8, 4) is 0 Å². The first kappa shape index (κ1) is 18.5. The fraction of sp³-hybridized carbons (Fsp3) is 0.444. The molecule has 1 N–H and O–H groups in total. The molecule has 8 heteroatoms. The molecule has 3 rings (SSSR count). The lowest BCUT2D eigenvalue weighted by Crippen LogP contribution is -2.41. The lowest BCUT2D eigenvalue weighted by Gasteiger charge is -2.26. The van der Waals surface area contributed by atoms with Crippen LogP contribution in [0.2, 0.25) is 0 Å². The second-order valence-electron chi connectivity index (χ2n) is 6.12. The molecular weight excluding hydrogens is 352 g/mol. The minimum atomic E-state index is -0.194. The number of ether oxygens (including phenoxy) is 1. The molecule has 0 radical (unpaired) electrons. The number of aryl methyl sites for hydroxylation is 1. The average Bonchev–Trinajstić information content (AvgIpc) is 3.13. The summed E-state index contributed by atoms with van der Waals surface area (Å²) in [6, 6.07) is 7.36. The van der Waals surface area contributed by atoms with Gasteiger partial charge in [-0.2, -0.15) is 0 Å². The molecule has 0 saturated carbocycles. The van der Waals surface area contributed by atoms with Crippen LogP contribution in [-0.2, 0) is 22.4 Å². The fourth-order valence-corrected chi connectivity index (χ4v) is 3.38. The number of hydrogen-bond donors (Lipinski definition) is 1. The predicted octanol–water partition coefficient (Wildman–Crippen LogP) is 2.14. The van der Waals surface area contributed by atoms with Crippen molar-refractivity contribution < 1.29 is 14.3 Å². The molecule has 138 valence electrons. The van der Waals surface area contributed by atoms with Crippen LogP contribution >= 0.6 is 11.5 Å². The van der Waals surface area contributed by atoms with Crippen molar-refractivity contribution >= 4 is 29.0 Å². The van der Waals surface area contributed by atoms with Crippen LogP contribution < -0.4 is 5.32 Å². The summed E-state index contributed by atoms with van der Waals surface area (Å²) in [6.45, 7) is 4.54. The Bertz CT molecular complexity index is 754. The van der Waals surface area contributed by atoms with Crippen LogP contribution in [0.15, 0.2) is 24.3 Å². The van der Waals surface area contributed by atoms with Crippen molar-refractivity contribution in [2.75, 3.05) is 31.6 Å². The van der Waals surface area contributed by atoms with Gasteiger partial charge in [-0.3, -0.25) is 9.59 Å². The number of carbonyl (C=O) groups is 2. The van der Waals surface area contributed by atoms with Gasteiger partial charge in [0.2, 0.25) is 5.91 Å². The molecule has 1 aromatic heterocycles. The van der Waals surface area contributed by atoms with Gasteiger partial charge >= 0.3 is 0 Å². The van der Waals surface area contributed by atoms with Crippen LogP contribution in [0.4, 0.5) is 5.69 Å². The van der Waals surface area contributed by atoms with Crippen LogP contribution in [0.3, 0.4) is 0 Å². The number of morpholine rings is 1. The van der Waals surface area contributed by atoms with E-state index in [0.717, 1.165) is 35.6 Å². The van der Waals surface area contributed by atoms with Crippen molar-refractivity contribution in [1.82, 2.24) is 14.5 Å². The maximum atomic E-state index is 12.4. The van der Waals surface area contributed by atoms with Gasteiger partial charge in [-0.15, -0.1) is 5.10 Å². The number of carbonyl (C=O) groups excluding carboxylic acids is 2. The van der Waals surface area contributed by atoms with Crippen LogP contribution in [0.5, 0.6) is 0 Å². The standard InChI is InChI=1S/C18H22N4O3S/c1-2-3-15-17(26-21-20-15)18(24)19-14-6-4-13(5-7-14)12-16(23)22-8-10-25-11-9-22/h4-7H,2-3,8-12H2,1H3,(H,19,24). The molecule has 1 fully saturated rings. The molecule has 0 aliphatic carbocycles. The van der Waals surface area contributed by atoms with E-state index in [1.165, 1.54) is 0 Å². The molecule has 1 aliphatic heterocycles. The number of amides is 2. The van der Waals surface area contributed by atoms with E-state index >= 15 is 0 Å². The predicted molar refractivity (Wildman–Crippen MR) is 99.4 cm³/mol. The summed E-state index contributed by atoms with van der Waals surface area (Å²) in [5.74, 6) is -0.0920. The summed E-state index contributed by atoms with van der Waals surface area (Å²) in [5, 5.41) is 6.88. The highest BCUT2D eigenvalue weighted by Crippen LogP contribution is 2.17. The lowest BCUT2D eigenvalue weighted by molar-refractivity contribution is -0.134. The summed E-state index contributed by atoms with van der Waals surface area (Å²) in [4.78, 5) is 27.0. The molecule has 2 heterocycles. The highest BCUT2D eigenvalue weighted by molar-refractivity contribution is 7.08. The minimum absolute atomic E-state index is 0.102. The summed E-state index contributed by atoms with van der Waals surface area (Å²) >= 11 is 1.11. The van der Waals surface area contributed by atoms with E-state index in [4.69, 9.17) is 4.74 Å². The number of aromatic nitrogens is 2. The molecule has 0 spiro atoms. The summed E-state index contributed by atoms with van der Waals surface area (Å²) < 4.78 is 9.14. The van der Waals surface area contributed by atoms with Gasteiger partial charge in [0.25, 0.3) is 5.91 Å². The number of nitrogens with zero attached hydrogens (tertiary/aromatic N) is 3. The lowest BCUT2D eigenvalue weighted by atomic mass is 10.1. The van der Waals surface area contributed by atoms with Gasteiger partial charge in [-0.1, -0.05) is 30.0 Å². The van der Waals surface area contributed by atoms with Gasteiger partial charge < -0.3 is 15.0 Å². The SMILES string of the molecule is CCCc1nnsc1C(=O)Nc1ccc(CC(=O)N2CCOCC2)cc1. The Morgan fingerprint density at radius 3 is 2.65 bits per heavy atom. The maximum absolute atomic E-state index is 12.4. The zero-order valence-corrected chi connectivity index (χ0v) is 15.6. The Labute approximate surface area is 156 Å². The van der Waals surface area contributed by atoms with Crippen molar-refractivity contribution in [3.63, 3.8) is 0 Å².